The number of aromatic nitrogens is 2. The topological polar surface area (TPSA) is 86.8 Å². The van der Waals surface area contributed by atoms with Crippen molar-refractivity contribution in [1.29, 1.82) is 0 Å². The van der Waals surface area contributed by atoms with E-state index in [4.69, 9.17) is 13.9 Å². The average Bonchev–Trinajstić information content (AvgIpc) is 3.03. The van der Waals surface area contributed by atoms with Crippen LogP contribution in [0.1, 0.15) is 0 Å². The second-order valence-corrected chi connectivity index (χ2v) is 5.82. The lowest BCUT2D eigenvalue weighted by molar-refractivity contribution is -0.133. The summed E-state index contributed by atoms with van der Waals surface area (Å²) in [5, 5.41) is 0.778. The van der Waals surface area contributed by atoms with Gasteiger partial charge in [0, 0.05) is 32.7 Å². The minimum absolute atomic E-state index is 0.119. The van der Waals surface area contributed by atoms with Gasteiger partial charge in [0.15, 0.2) is 0 Å². The molecule has 3 aromatic rings. The zero-order chi connectivity index (χ0) is 18.5. The first-order chi connectivity index (χ1) is 12.7. The van der Waals surface area contributed by atoms with E-state index in [1.54, 1.807) is 25.2 Å². The number of hydrogen-bond donors (Lipinski definition) is 0. The van der Waals surface area contributed by atoms with Crippen LogP contribution in [0.3, 0.4) is 0 Å². The third-order valence-electron chi connectivity index (χ3n) is 4.14. The summed E-state index contributed by atoms with van der Waals surface area (Å²) < 4.78 is 17.0. The smallest absolute Gasteiger partial charge is 0.297 e. The Balaban J connectivity index is 1.87. The molecule has 2 heterocycles. The van der Waals surface area contributed by atoms with E-state index in [1.165, 1.54) is 10.9 Å². The van der Waals surface area contributed by atoms with Crippen LogP contribution in [0.4, 0.5) is 0 Å². The number of para-hydroxylation sites is 1. The third-order valence-corrected chi connectivity index (χ3v) is 4.14. The first-order valence-electron chi connectivity index (χ1n) is 8.28. The van der Waals surface area contributed by atoms with Gasteiger partial charge in [-0.2, -0.15) is 0 Å². The Labute approximate surface area is 149 Å². The number of rotatable bonds is 8. The van der Waals surface area contributed by atoms with E-state index in [0.29, 0.717) is 37.4 Å². The van der Waals surface area contributed by atoms with Gasteiger partial charge in [-0.1, -0.05) is 12.1 Å². The molecule has 0 fully saturated rings. The van der Waals surface area contributed by atoms with E-state index in [-0.39, 0.29) is 23.6 Å². The van der Waals surface area contributed by atoms with E-state index in [9.17, 15) is 9.59 Å². The minimum Gasteiger partial charge on any atom is -0.448 e. The maximum Gasteiger partial charge on any atom is 0.297 e. The molecule has 0 aliphatic heterocycles. The van der Waals surface area contributed by atoms with Crippen molar-refractivity contribution in [2.24, 2.45) is 0 Å². The molecule has 138 valence electrons. The molecule has 0 bridgehead atoms. The standard InChI is InChI=1S/C18H21N3O5/c1-24-9-7-20(8-10-25-2)15(22)11-21-12-19-16-13-5-3-4-6-14(13)26-17(16)18(21)23/h3-6,12H,7-11H2,1-2H3. The van der Waals surface area contributed by atoms with Gasteiger partial charge in [0.05, 0.1) is 19.5 Å². The van der Waals surface area contributed by atoms with Crippen molar-refractivity contribution in [3.8, 4) is 0 Å². The zero-order valence-corrected chi connectivity index (χ0v) is 14.8. The van der Waals surface area contributed by atoms with Crippen molar-refractivity contribution in [2.75, 3.05) is 40.5 Å². The summed E-state index contributed by atoms with van der Waals surface area (Å²) in [4.78, 5) is 31.2. The first-order valence-corrected chi connectivity index (χ1v) is 8.28. The minimum atomic E-state index is -0.377. The van der Waals surface area contributed by atoms with Gasteiger partial charge in [0.25, 0.3) is 5.56 Å². The second-order valence-electron chi connectivity index (χ2n) is 5.82. The normalized spacial score (nSPS) is 11.3. The third kappa shape index (κ3) is 3.61. The Morgan fingerprint density at radius 1 is 1.19 bits per heavy atom. The van der Waals surface area contributed by atoms with Crippen molar-refractivity contribution in [3.63, 3.8) is 0 Å². The summed E-state index contributed by atoms with van der Waals surface area (Å²) in [6.07, 6.45) is 1.38. The van der Waals surface area contributed by atoms with E-state index < -0.39 is 0 Å². The molecule has 8 nitrogen and oxygen atoms in total. The fourth-order valence-corrected chi connectivity index (χ4v) is 2.74. The predicted octanol–water partition coefficient (Wildman–Crippen LogP) is 1.26. The number of furan rings is 1. The maximum absolute atomic E-state index is 12.7. The Morgan fingerprint density at radius 3 is 2.58 bits per heavy atom. The summed E-state index contributed by atoms with van der Waals surface area (Å²) in [5.41, 5.74) is 0.878. The summed E-state index contributed by atoms with van der Waals surface area (Å²) >= 11 is 0. The van der Waals surface area contributed by atoms with Gasteiger partial charge in [0.1, 0.15) is 17.6 Å². The van der Waals surface area contributed by atoms with Crippen LogP contribution in [-0.4, -0.2) is 60.9 Å². The lowest BCUT2D eigenvalue weighted by Crippen LogP contribution is -2.40. The van der Waals surface area contributed by atoms with Crippen LogP contribution < -0.4 is 5.56 Å². The molecule has 0 radical (unpaired) electrons. The highest BCUT2D eigenvalue weighted by Gasteiger charge is 2.17. The van der Waals surface area contributed by atoms with Crippen LogP contribution in [0.25, 0.3) is 22.1 Å². The molecule has 0 unspecified atom stereocenters. The molecule has 2 aromatic heterocycles. The molecule has 26 heavy (non-hydrogen) atoms. The highest BCUT2D eigenvalue weighted by molar-refractivity contribution is 6.01. The molecule has 8 heteroatoms. The lowest BCUT2D eigenvalue weighted by atomic mass is 10.2. The molecule has 0 atom stereocenters. The summed E-state index contributed by atoms with van der Waals surface area (Å²) in [6.45, 7) is 1.55. The molecular weight excluding hydrogens is 338 g/mol. The molecule has 1 amide bonds. The van der Waals surface area contributed by atoms with Gasteiger partial charge in [0.2, 0.25) is 11.5 Å². The van der Waals surface area contributed by atoms with Crippen molar-refractivity contribution in [2.45, 2.75) is 6.54 Å². The number of carbonyl (C=O) groups excluding carboxylic acids is 1. The molecule has 0 aliphatic rings. The Kier molecular flexibility index (Phi) is 5.65. The molecule has 3 rings (SSSR count). The molecule has 0 spiro atoms. The summed E-state index contributed by atoms with van der Waals surface area (Å²) in [6, 6.07) is 7.32. The highest BCUT2D eigenvalue weighted by atomic mass is 16.5. The first kappa shape index (κ1) is 18.1. The Bertz CT molecular complexity index is 954. The Morgan fingerprint density at radius 2 is 1.88 bits per heavy atom. The molecule has 0 aliphatic carbocycles. The number of amides is 1. The molecule has 0 saturated heterocycles. The molecular formula is C18H21N3O5. The van der Waals surface area contributed by atoms with Gasteiger partial charge >= 0.3 is 0 Å². The average molecular weight is 359 g/mol. The number of hydrogen-bond acceptors (Lipinski definition) is 6. The molecule has 1 aromatic carbocycles. The van der Waals surface area contributed by atoms with Gasteiger partial charge in [-0.05, 0) is 12.1 Å². The SMILES string of the molecule is COCCN(CCOC)C(=O)Cn1cnc2c(oc3ccccc32)c1=O. The van der Waals surface area contributed by atoms with Crippen molar-refractivity contribution < 1.29 is 18.7 Å². The predicted molar refractivity (Wildman–Crippen MR) is 96.1 cm³/mol. The number of carbonyl (C=O) groups is 1. The maximum atomic E-state index is 12.7. The molecule has 0 N–H and O–H groups in total. The van der Waals surface area contributed by atoms with Crippen LogP contribution in [0.15, 0.2) is 39.8 Å². The zero-order valence-electron chi connectivity index (χ0n) is 14.8. The molecule has 0 saturated carbocycles. The monoisotopic (exact) mass is 359 g/mol. The van der Waals surface area contributed by atoms with Gasteiger partial charge in [-0.25, -0.2) is 4.98 Å². The lowest BCUT2D eigenvalue weighted by Gasteiger charge is -2.22. The summed E-state index contributed by atoms with van der Waals surface area (Å²) in [7, 11) is 3.14. The number of nitrogens with zero attached hydrogens (tertiary/aromatic N) is 3. The van der Waals surface area contributed by atoms with E-state index in [1.807, 2.05) is 18.2 Å². The van der Waals surface area contributed by atoms with Gasteiger partial charge in [-0.15, -0.1) is 0 Å². The number of methoxy groups -OCH3 is 2. The fraction of sp³-hybridized carbons (Fsp3) is 0.389. The van der Waals surface area contributed by atoms with Gasteiger partial charge < -0.3 is 18.8 Å². The van der Waals surface area contributed by atoms with E-state index >= 15 is 0 Å². The number of benzene rings is 1. The summed E-state index contributed by atoms with van der Waals surface area (Å²) in [5.74, 6) is -0.210. The van der Waals surface area contributed by atoms with Crippen molar-refractivity contribution in [3.05, 3.63) is 40.9 Å². The van der Waals surface area contributed by atoms with Gasteiger partial charge in [-0.3, -0.25) is 14.2 Å². The van der Waals surface area contributed by atoms with Crippen LogP contribution in [0.5, 0.6) is 0 Å². The largest absolute Gasteiger partial charge is 0.448 e. The van der Waals surface area contributed by atoms with Crippen LogP contribution in [-0.2, 0) is 20.8 Å². The second kappa shape index (κ2) is 8.11. The number of ether oxygens (including phenoxy) is 2. The van der Waals surface area contributed by atoms with E-state index in [0.717, 1.165) is 5.39 Å². The van der Waals surface area contributed by atoms with Crippen LogP contribution in [0.2, 0.25) is 0 Å². The highest BCUT2D eigenvalue weighted by Crippen LogP contribution is 2.23. The van der Waals surface area contributed by atoms with Crippen molar-refractivity contribution in [1.82, 2.24) is 14.5 Å². The number of fused-ring (bicyclic) bond motifs is 3. The van der Waals surface area contributed by atoms with Crippen LogP contribution in [0, 0.1) is 0 Å². The quantitative estimate of drug-likeness (QED) is 0.602. The Hall–Kier alpha value is -2.71. The van der Waals surface area contributed by atoms with Crippen LogP contribution >= 0.6 is 0 Å². The fourth-order valence-electron chi connectivity index (χ4n) is 2.74. The van der Waals surface area contributed by atoms with Crippen molar-refractivity contribution >= 4 is 28.0 Å². The van der Waals surface area contributed by atoms with E-state index in [2.05, 4.69) is 4.98 Å².